The number of rotatable bonds is 15. The van der Waals surface area contributed by atoms with Crippen LogP contribution in [-0.2, 0) is 39.8 Å². The van der Waals surface area contributed by atoms with Crippen molar-refractivity contribution in [1.82, 2.24) is 0 Å². The molecule has 2 amide bonds. The lowest BCUT2D eigenvalue weighted by Crippen LogP contribution is -2.46. The smallest absolute Gasteiger partial charge is 0.305 e. The third-order valence-corrected chi connectivity index (χ3v) is 8.59. The summed E-state index contributed by atoms with van der Waals surface area (Å²) >= 11 is 6.55. The van der Waals surface area contributed by atoms with Crippen LogP contribution in [0.5, 0.6) is 17.2 Å². The molecular formula is C38H45ClN2O10. The Kier molecular flexibility index (Phi) is 13.3. The second kappa shape index (κ2) is 17.4. The molecule has 3 aromatic carbocycles. The van der Waals surface area contributed by atoms with Crippen LogP contribution < -0.4 is 24.4 Å². The second-order valence-corrected chi connectivity index (χ2v) is 13.3. The summed E-state index contributed by atoms with van der Waals surface area (Å²) in [5.41, 5.74) is 2.21. The fraction of sp³-hybridized carbons (Fsp3) is 0.421. The van der Waals surface area contributed by atoms with Gasteiger partial charge in [0.2, 0.25) is 5.91 Å². The lowest BCUT2D eigenvalue weighted by molar-refractivity contribution is -0.144. The molecule has 12 nitrogen and oxygen atoms in total. The Labute approximate surface area is 303 Å². The Balaban J connectivity index is 1.74. The number of carbonyl (C=O) groups excluding carboxylic acids is 4. The largest absolute Gasteiger partial charge is 0.495 e. The zero-order valence-corrected chi connectivity index (χ0v) is 30.8. The molecule has 4 rings (SSSR count). The normalized spacial score (nSPS) is 15.7. The molecule has 274 valence electrons. The molecule has 0 saturated heterocycles. The minimum absolute atomic E-state index is 0.0456. The van der Waals surface area contributed by atoms with Crippen molar-refractivity contribution in [2.45, 2.75) is 58.7 Å². The van der Waals surface area contributed by atoms with Crippen LogP contribution >= 0.6 is 11.6 Å². The van der Waals surface area contributed by atoms with E-state index >= 15 is 0 Å². The van der Waals surface area contributed by atoms with E-state index in [1.54, 1.807) is 53.4 Å². The number of nitrogens with one attached hydrogen (secondary N) is 1. The van der Waals surface area contributed by atoms with E-state index in [0.29, 0.717) is 57.6 Å². The molecule has 0 unspecified atom stereocenters. The Bertz CT molecular complexity index is 1740. The number of hydrogen-bond donors (Lipinski definition) is 1. The molecule has 0 aromatic heterocycles. The molecule has 3 aromatic rings. The molecule has 1 N–H and O–H groups in total. The van der Waals surface area contributed by atoms with E-state index in [9.17, 15) is 19.2 Å². The Morgan fingerprint density at radius 3 is 2.35 bits per heavy atom. The summed E-state index contributed by atoms with van der Waals surface area (Å²) in [6.07, 6.45) is -1.18. The number of aryl methyl sites for hydroxylation is 1. The maximum atomic E-state index is 14.6. The number of amides is 2. The number of benzene rings is 3. The average Bonchev–Trinajstić information content (AvgIpc) is 3.20. The molecule has 0 radical (unpaired) electrons. The minimum atomic E-state index is -1.28. The van der Waals surface area contributed by atoms with E-state index in [4.69, 9.17) is 40.0 Å². The van der Waals surface area contributed by atoms with E-state index < -0.39 is 35.4 Å². The van der Waals surface area contributed by atoms with Crippen LogP contribution in [-0.4, -0.2) is 71.4 Å². The minimum Gasteiger partial charge on any atom is -0.495 e. The molecule has 0 fully saturated rings. The third-order valence-electron chi connectivity index (χ3n) is 8.36. The van der Waals surface area contributed by atoms with Crippen molar-refractivity contribution < 1.29 is 47.6 Å². The van der Waals surface area contributed by atoms with Crippen LogP contribution in [0.1, 0.15) is 62.8 Å². The third kappa shape index (κ3) is 9.92. The van der Waals surface area contributed by atoms with Gasteiger partial charge in [-0.15, -0.1) is 0 Å². The van der Waals surface area contributed by atoms with Crippen molar-refractivity contribution in [3.8, 4) is 17.2 Å². The molecule has 0 bridgehead atoms. The fourth-order valence-electron chi connectivity index (χ4n) is 5.91. The van der Waals surface area contributed by atoms with E-state index in [1.165, 1.54) is 35.4 Å². The Hall–Kier alpha value is -4.81. The molecule has 51 heavy (non-hydrogen) atoms. The van der Waals surface area contributed by atoms with Gasteiger partial charge < -0.3 is 38.6 Å². The van der Waals surface area contributed by atoms with Gasteiger partial charge in [-0.1, -0.05) is 43.6 Å². The highest BCUT2D eigenvalue weighted by molar-refractivity contribution is 6.30. The van der Waals surface area contributed by atoms with Crippen molar-refractivity contribution in [2.75, 3.05) is 51.8 Å². The number of fused-ring (bicyclic) bond motifs is 1. The SMILES string of the molecule is COC(=O)CCCc1ccc(OC)c(NC(=O)C[C@H]2O[C@H](c3cccc(OC)c3OC)c3cc(Cl)ccc3N(CC(C)(C)COC(C)=O)C2=O)c1. The van der Waals surface area contributed by atoms with Crippen LogP contribution in [0.25, 0.3) is 0 Å². The molecule has 13 heteroatoms. The zero-order valence-electron chi connectivity index (χ0n) is 30.0. The van der Waals surface area contributed by atoms with Gasteiger partial charge in [0.25, 0.3) is 5.91 Å². The summed E-state index contributed by atoms with van der Waals surface area (Å²) in [7, 11) is 5.86. The molecule has 1 aliphatic heterocycles. The molecule has 0 spiro atoms. The number of carbonyl (C=O) groups is 4. The van der Waals surface area contributed by atoms with Crippen LogP contribution in [0.4, 0.5) is 11.4 Å². The average molecular weight is 725 g/mol. The predicted octanol–water partition coefficient (Wildman–Crippen LogP) is 6.30. The zero-order chi connectivity index (χ0) is 37.3. The van der Waals surface area contributed by atoms with Crippen LogP contribution in [0.3, 0.4) is 0 Å². The quantitative estimate of drug-likeness (QED) is 0.178. The van der Waals surface area contributed by atoms with Gasteiger partial charge >= 0.3 is 11.9 Å². The monoisotopic (exact) mass is 724 g/mol. The highest BCUT2D eigenvalue weighted by Crippen LogP contribution is 2.45. The molecule has 2 atom stereocenters. The number of esters is 2. The standard InChI is InChI=1S/C38H45ClN2O10/c1-23(42)50-22-38(2,3)21-41-29-16-15-25(39)19-27(29)35(26-11-9-12-31(47-5)36(26)49-7)51-32(37(41)45)20-33(43)40-28-18-24(14-17-30(28)46-4)10-8-13-34(44)48-6/h9,11-12,14-19,32,35H,8,10,13,20-22H2,1-7H3,(H,40,43)/t32-,35-/m1/s1. The van der Waals surface area contributed by atoms with Crippen molar-refractivity contribution in [3.05, 3.63) is 76.3 Å². The van der Waals surface area contributed by atoms with E-state index in [1.807, 2.05) is 19.9 Å². The van der Waals surface area contributed by atoms with Crippen LogP contribution in [0.2, 0.25) is 5.02 Å². The van der Waals surface area contributed by atoms with Gasteiger partial charge in [0, 0.05) is 47.1 Å². The summed E-state index contributed by atoms with van der Waals surface area (Å²) in [6, 6.07) is 15.8. The maximum absolute atomic E-state index is 14.6. The Morgan fingerprint density at radius 2 is 1.69 bits per heavy atom. The van der Waals surface area contributed by atoms with Crippen molar-refractivity contribution in [1.29, 1.82) is 0 Å². The molecule has 1 heterocycles. The fourth-order valence-corrected chi connectivity index (χ4v) is 6.10. The van der Waals surface area contributed by atoms with Gasteiger partial charge in [0.15, 0.2) is 11.5 Å². The molecule has 0 saturated carbocycles. The highest BCUT2D eigenvalue weighted by Gasteiger charge is 2.41. The lowest BCUT2D eigenvalue weighted by Gasteiger charge is -2.33. The number of para-hydroxylation sites is 1. The number of halogens is 1. The number of nitrogens with zero attached hydrogens (tertiary/aromatic N) is 1. The number of methoxy groups -OCH3 is 4. The van der Waals surface area contributed by atoms with Gasteiger partial charge in [-0.2, -0.15) is 0 Å². The predicted molar refractivity (Wildman–Crippen MR) is 192 cm³/mol. The summed E-state index contributed by atoms with van der Waals surface area (Å²) in [6.45, 7) is 5.24. The number of ether oxygens (including phenoxy) is 6. The first-order valence-electron chi connectivity index (χ1n) is 16.4. The first kappa shape index (κ1) is 39.0. The van der Waals surface area contributed by atoms with Gasteiger partial charge in [-0.3, -0.25) is 19.2 Å². The van der Waals surface area contributed by atoms with Crippen LogP contribution in [0.15, 0.2) is 54.6 Å². The van der Waals surface area contributed by atoms with Crippen molar-refractivity contribution in [2.24, 2.45) is 5.41 Å². The molecular weight excluding hydrogens is 680 g/mol. The lowest BCUT2D eigenvalue weighted by atomic mass is 9.92. The number of hydrogen-bond acceptors (Lipinski definition) is 10. The summed E-state index contributed by atoms with van der Waals surface area (Å²) in [5, 5.41) is 3.30. The van der Waals surface area contributed by atoms with Gasteiger partial charge in [0.05, 0.1) is 47.2 Å². The highest BCUT2D eigenvalue weighted by atomic mass is 35.5. The summed E-state index contributed by atoms with van der Waals surface area (Å²) < 4.78 is 33.6. The summed E-state index contributed by atoms with van der Waals surface area (Å²) in [4.78, 5) is 53.3. The van der Waals surface area contributed by atoms with Crippen molar-refractivity contribution in [3.63, 3.8) is 0 Å². The van der Waals surface area contributed by atoms with Crippen molar-refractivity contribution >= 4 is 46.7 Å². The van der Waals surface area contributed by atoms with Gasteiger partial charge in [-0.25, -0.2) is 0 Å². The van der Waals surface area contributed by atoms with E-state index in [-0.39, 0.29) is 32.0 Å². The molecule has 0 aliphatic carbocycles. The first-order valence-corrected chi connectivity index (χ1v) is 16.8. The van der Waals surface area contributed by atoms with Gasteiger partial charge in [0.1, 0.15) is 18.0 Å². The second-order valence-electron chi connectivity index (χ2n) is 12.9. The number of anilines is 2. The van der Waals surface area contributed by atoms with E-state index in [0.717, 1.165) is 5.56 Å². The van der Waals surface area contributed by atoms with Crippen LogP contribution in [0, 0.1) is 5.41 Å². The van der Waals surface area contributed by atoms with E-state index in [2.05, 4.69) is 5.32 Å². The van der Waals surface area contributed by atoms with Gasteiger partial charge in [-0.05, 0) is 54.8 Å². The maximum Gasteiger partial charge on any atom is 0.305 e. The summed E-state index contributed by atoms with van der Waals surface area (Å²) in [5.74, 6) is -0.459. The Morgan fingerprint density at radius 1 is 0.941 bits per heavy atom. The topological polar surface area (TPSA) is 139 Å². The molecule has 1 aliphatic rings. The first-order chi connectivity index (χ1) is 24.3.